The lowest BCUT2D eigenvalue weighted by molar-refractivity contribution is 0.566. The third-order valence-corrected chi connectivity index (χ3v) is 7.26. The van der Waals surface area contributed by atoms with Crippen molar-refractivity contribution in [1.82, 2.24) is 8.96 Å². The van der Waals surface area contributed by atoms with Gasteiger partial charge in [-0.25, -0.2) is 26.2 Å². The number of para-hydroxylation sites is 2. The lowest BCUT2D eigenvalue weighted by Crippen LogP contribution is -2.14. The van der Waals surface area contributed by atoms with E-state index in [1.165, 1.54) is 30.3 Å². The van der Waals surface area contributed by atoms with Gasteiger partial charge in [0.05, 0.1) is 15.9 Å². The zero-order valence-corrected chi connectivity index (χ0v) is 17.0. The van der Waals surface area contributed by atoms with Crippen LogP contribution < -0.4 is 0 Å². The van der Waals surface area contributed by atoms with Crippen LogP contribution in [0.3, 0.4) is 0 Å². The number of hydrogen-bond acceptors (Lipinski definition) is 4. The van der Waals surface area contributed by atoms with Gasteiger partial charge in [-0.2, -0.15) is 0 Å². The van der Waals surface area contributed by atoms with Crippen LogP contribution in [0.5, 0.6) is 0 Å². The van der Waals surface area contributed by atoms with Crippen molar-refractivity contribution < 1.29 is 17.2 Å². The summed E-state index contributed by atoms with van der Waals surface area (Å²) in [6.45, 7) is 1.87. The summed E-state index contributed by atoms with van der Waals surface area (Å²) >= 11 is 0.972. The number of imidazole rings is 1. The van der Waals surface area contributed by atoms with E-state index in [4.69, 9.17) is 0 Å². The Morgan fingerprint density at radius 1 is 0.931 bits per heavy atom. The monoisotopic (exact) mass is 430 g/mol. The molecule has 0 saturated carbocycles. The summed E-state index contributed by atoms with van der Waals surface area (Å²) in [5, 5.41) is 0.148. The second kappa shape index (κ2) is 7.61. The fraction of sp³-hybridized carbons (Fsp3) is 0.0952. The molecule has 0 aliphatic carbocycles. The van der Waals surface area contributed by atoms with Gasteiger partial charge in [-0.1, -0.05) is 47.7 Å². The Balaban J connectivity index is 1.82. The molecule has 0 N–H and O–H groups in total. The molecule has 1 aromatic heterocycles. The molecule has 148 valence electrons. The highest BCUT2D eigenvalue weighted by molar-refractivity contribution is 7.99. The molecule has 0 bridgehead atoms. The van der Waals surface area contributed by atoms with E-state index >= 15 is 0 Å². The normalized spacial score (nSPS) is 11.8. The first-order chi connectivity index (χ1) is 13.9. The Morgan fingerprint density at radius 2 is 1.59 bits per heavy atom. The second-order valence-corrected chi connectivity index (χ2v) is 9.18. The molecule has 0 aliphatic rings. The van der Waals surface area contributed by atoms with Crippen LogP contribution in [0.15, 0.2) is 76.8 Å². The van der Waals surface area contributed by atoms with Crippen LogP contribution in [0, 0.1) is 18.6 Å². The van der Waals surface area contributed by atoms with Gasteiger partial charge in [0, 0.05) is 11.3 Å². The summed E-state index contributed by atoms with van der Waals surface area (Å²) in [4.78, 5) is 4.51. The Hall–Kier alpha value is -2.71. The lowest BCUT2D eigenvalue weighted by Gasteiger charge is -2.11. The van der Waals surface area contributed by atoms with Crippen molar-refractivity contribution in [2.45, 2.75) is 22.7 Å². The average Bonchev–Trinajstić information content (AvgIpc) is 3.07. The summed E-state index contributed by atoms with van der Waals surface area (Å²) < 4.78 is 55.8. The van der Waals surface area contributed by atoms with Crippen molar-refractivity contribution in [1.29, 1.82) is 0 Å². The van der Waals surface area contributed by atoms with Crippen molar-refractivity contribution in [3.8, 4) is 0 Å². The van der Waals surface area contributed by atoms with Gasteiger partial charge in [-0.05, 0) is 43.3 Å². The van der Waals surface area contributed by atoms with Crippen molar-refractivity contribution in [3.63, 3.8) is 0 Å². The summed E-state index contributed by atoms with van der Waals surface area (Å²) in [6, 6.07) is 17.0. The Morgan fingerprint density at radius 3 is 2.28 bits per heavy atom. The first-order valence-electron chi connectivity index (χ1n) is 8.73. The lowest BCUT2D eigenvalue weighted by atomic mass is 10.2. The third kappa shape index (κ3) is 3.65. The van der Waals surface area contributed by atoms with Crippen LogP contribution in [0.2, 0.25) is 0 Å². The first kappa shape index (κ1) is 19.6. The zero-order chi connectivity index (χ0) is 20.6. The molecule has 0 amide bonds. The van der Waals surface area contributed by atoms with Gasteiger partial charge < -0.3 is 0 Å². The van der Waals surface area contributed by atoms with Gasteiger partial charge >= 0.3 is 0 Å². The summed E-state index contributed by atoms with van der Waals surface area (Å²) in [5.41, 5.74) is 1.71. The van der Waals surface area contributed by atoms with E-state index in [0.29, 0.717) is 11.0 Å². The van der Waals surface area contributed by atoms with Crippen LogP contribution in [-0.4, -0.2) is 17.4 Å². The van der Waals surface area contributed by atoms with Crippen molar-refractivity contribution in [2.75, 3.05) is 0 Å². The number of hydrogen-bond donors (Lipinski definition) is 0. The molecule has 3 aromatic carbocycles. The van der Waals surface area contributed by atoms with E-state index in [0.717, 1.165) is 21.3 Å². The molecule has 0 spiro atoms. The minimum atomic E-state index is -3.95. The number of halogens is 2. The number of fused-ring (bicyclic) bond motifs is 1. The number of aryl methyl sites for hydroxylation is 1. The predicted molar refractivity (Wildman–Crippen MR) is 109 cm³/mol. The highest BCUT2D eigenvalue weighted by Crippen LogP contribution is 2.31. The second-order valence-electron chi connectivity index (χ2n) is 6.45. The van der Waals surface area contributed by atoms with E-state index in [1.54, 1.807) is 36.4 Å². The standard InChI is InChI=1S/C21H16F2N2O2S2/c1-14-9-11-15(12-10-14)29(26,27)25-20-8-3-2-7-19(20)24-21(25)28-13-16-17(22)5-4-6-18(16)23/h2-12H,13H2,1H3. The predicted octanol–water partition coefficient (Wildman–Crippen LogP) is 5.15. The van der Waals surface area contributed by atoms with Crippen LogP contribution in [-0.2, 0) is 15.8 Å². The van der Waals surface area contributed by atoms with Crippen molar-refractivity contribution >= 4 is 32.8 Å². The molecule has 4 rings (SSSR count). The molecule has 4 nitrogen and oxygen atoms in total. The third-order valence-electron chi connectivity index (χ3n) is 4.46. The molecule has 0 unspecified atom stereocenters. The maximum absolute atomic E-state index is 14.0. The molecule has 0 saturated heterocycles. The fourth-order valence-corrected chi connectivity index (χ4v) is 5.66. The van der Waals surface area contributed by atoms with Gasteiger partial charge in [0.25, 0.3) is 10.0 Å². The molecule has 0 fully saturated rings. The molecule has 0 atom stereocenters. The molecule has 8 heteroatoms. The summed E-state index contributed by atoms with van der Waals surface area (Å²) in [5.74, 6) is -1.45. The number of aromatic nitrogens is 2. The Kier molecular flexibility index (Phi) is 5.14. The average molecular weight is 431 g/mol. The molecule has 29 heavy (non-hydrogen) atoms. The maximum atomic E-state index is 14.0. The van der Waals surface area contributed by atoms with Crippen LogP contribution >= 0.6 is 11.8 Å². The van der Waals surface area contributed by atoms with Gasteiger partial charge in [0.1, 0.15) is 11.6 Å². The topological polar surface area (TPSA) is 52.0 Å². The largest absolute Gasteiger partial charge is 0.270 e. The number of benzene rings is 3. The minimum absolute atomic E-state index is 0.0920. The van der Waals surface area contributed by atoms with Gasteiger partial charge in [-0.15, -0.1) is 0 Å². The van der Waals surface area contributed by atoms with Crippen molar-refractivity contribution in [3.05, 3.63) is 89.5 Å². The van der Waals surface area contributed by atoms with Crippen molar-refractivity contribution in [2.24, 2.45) is 0 Å². The summed E-state index contributed by atoms with van der Waals surface area (Å²) in [7, 11) is -3.95. The number of rotatable bonds is 5. The fourth-order valence-electron chi connectivity index (χ4n) is 2.93. The SMILES string of the molecule is Cc1ccc(S(=O)(=O)n2c(SCc3c(F)cccc3F)nc3ccccc32)cc1. The van der Waals surface area contributed by atoms with E-state index in [-0.39, 0.29) is 21.4 Å². The minimum Gasteiger partial charge on any atom is -0.222 e. The van der Waals surface area contributed by atoms with E-state index in [2.05, 4.69) is 4.98 Å². The molecular formula is C21H16F2N2O2S2. The van der Waals surface area contributed by atoms with Crippen LogP contribution in [0.25, 0.3) is 11.0 Å². The van der Waals surface area contributed by atoms with Gasteiger partial charge in [-0.3, -0.25) is 0 Å². The smallest absolute Gasteiger partial charge is 0.222 e. The quantitative estimate of drug-likeness (QED) is 0.411. The Labute approximate surface area is 171 Å². The van der Waals surface area contributed by atoms with E-state index < -0.39 is 21.7 Å². The first-order valence-corrected chi connectivity index (χ1v) is 11.2. The van der Waals surface area contributed by atoms with E-state index in [1.807, 2.05) is 6.92 Å². The van der Waals surface area contributed by atoms with E-state index in [9.17, 15) is 17.2 Å². The highest BCUT2D eigenvalue weighted by Gasteiger charge is 2.25. The molecule has 1 heterocycles. The Bertz CT molecular complexity index is 1280. The van der Waals surface area contributed by atoms with Crippen LogP contribution in [0.1, 0.15) is 11.1 Å². The van der Waals surface area contributed by atoms with Crippen LogP contribution in [0.4, 0.5) is 8.78 Å². The maximum Gasteiger partial charge on any atom is 0.270 e. The zero-order valence-electron chi connectivity index (χ0n) is 15.3. The summed E-state index contributed by atoms with van der Waals surface area (Å²) in [6.07, 6.45) is 0. The van der Waals surface area contributed by atoms with Gasteiger partial charge in [0.2, 0.25) is 0 Å². The molecule has 0 aliphatic heterocycles. The number of thioether (sulfide) groups is 1. The molecule has 4 aromatic rings. The highest BCUT2D eigenvalue weighted by atomic mass is 32.2. The molecular weight excluding hydrogens is 414 g/mol. The number of nitrogens with zero attached hydrogens (tertiary/aromatic N) is 2. The molecule has 0 radical (unpaired) electrons. The van der Waals surface area contributed by atoms with Gasteiger partial charge in [0.15, 0.2) is 5.16 Å².